The summed E-state index contributed by atoms with van der Waals surface area (Å²) >= 11 is 0. The van der Waals surface area contributed by atoms with E-state index in [9.17, 15) is 19.4 Å². The molecule has 6 N–H and O–H groups in total. The van der Waals surface area contributed by atoms with Crippen LogP contribution >= 0.6 is 7.37 Å². The minimum atomic E-state index is -3.00. The van der Waals surface area contributed by atoms with E-state index < -0.39 is 25.3 Å². The summed E-state index contributed by atoms with van der Waals surface area (Å²) in [5.41, 5.74) is 5.45. The number of amides is 1. The lowest BCUT2D eigenvalue weighted by molar-refractivity contribution is -0.134. The van der Waals surface area contributed by atoms with Crippen molar-refractivity contribution < 1.29 is 34.0 Å². The number of carbonyl (C=O) groups excluding carboxylic acids is 1. The smallest absolute Gasteiger partial charge is 0.300 e. The van der Waals surface area contributed by atoms with Gasteiger partial charge in [0.25, 0.3) is 11.9 Å². The van der Waals surface area contributed by atoms with E-state index in [2.05, 4.69) is 15.3 Å². The molecule has 0 spiro atoms. The lowest BCUT2D eigenvalue weighted by Gasteiger charge is -2.17. The van der Waals surface area contributed by atoms with Crippen LogP contribution in [0.4, 0.5) is 5.82 Å². The van der Waals surface area contributed by atoms with Crippen molar-refractivity contribution in [3.63, 3.8) is 0 Å². The molecular weight excluding hydrogens is 453 g/mol. The highest BCUT2D eigenvalue weighted by Crippen LogP contribution is 2.35. The van der Waals surface area contributed by atoms with Crippen LogP contribution in [0.2, 0.25) is 0 Å². The van der Waals surface area contributed by atoms with E-state index in [0.29, 0.717) is 19.4 Å². The normalized spacial score (nSPS) is 12.6. The molecule has 1 aromatic heterocycles. The van der Waals surface area contributed by atoms with Crippen molar-refractivity contribution in [3.05, 3.63) is 12.0 Å². The fourth-order valence-corrected chi connectivity index (χ4v) is 2.94. The SMILES string of the molecule is CC.CC.CC(=O)O.CNC(=O)c1ncn(CC(CO)OCCCCP(C)(=O)O)c1/N=C/N. The minimum Gasteiger partial charge on any atom is -0.481 e. The van der Waals surface area contributed by atoms with Crippen molar-refractivity contribution in [1.29, 1.82) is 0 Å². The highest BCUT2D eigenvalue weighted by molar-refractivity contribution is 7.57. The zero-order valence-corrected chi connectivity index (χ0v) is 21.7. The maximum atomic E-state index is 11.8. The average Bonchev–Trinajstić information content (AvgIpc) is 3.16. The second kappa shape index (κ2) is 21.6. The van der Waals surface area contributed by atoms with Crippen LogP contribution in [0.5, 0.6) is 0 Å². The monoisotopic (exact) mass is 495 g/mol. The topological polar surface area (TPSA) is 189 Å². The van der Waals surface area contributed by atoms with Gasteiger partial charge in [-0.2, -0.15) is 0 Å². The molecule has 0 bridgehead atoms. The summed E-state index contributed by atoms with van der Waals surface area (Å²) in [5.74, 6) is -0.954. The van der Waals surface area contributed by atoms with Gasteiger partial charge in [-0.25, -0.2) is 9.98 Å². The van der Waals surface area contributed by atoms with Gasteiger partial charge in [-0.1, -0.05) is 27.7 Å². The number of unbranched alkanes of at least 4 members (excludes halogenated alkanes) is 1. The van der Waals surface area contributed by atoms with Gasteiger partial charge in [-0.15, -0.1) is 0 Å². The fourth-order valence-electron chi connectivity index (χ4n) is 2.13. The molecule has 1 amide bonds. The molecule has 194 valence electrons. The summed E-state index contributed by atoms with van der Waals surface area (Å²) in [6.45, 7) is 10.8. The number of imidazole rings is 1. The number of aliphatic imine (C=N–C) groups is 1. The Labute approximate surface area is 196 Å². The van der Waals surface area contributed by atoms with Crippen LogP contribution in [0.3, 0.4) is 0 Å². The van der Waals surface area contributed by atoms with E-state index in [0.717, 1.165) is 13.3 Å². The molecule has 0 saturated carbocycles. The number of hydrogen-bond acceptors (Lipinski definition) is 7. The summed E-state index contributed by atoms with van der Waals surface area (Å²) in [6, 6.07) is 0. The molecule has 0 saturated heterocycles. The number of aliphatic hydroxyl groups is 1. The number of aromatic nitrogens is 2. The van der Waals surface area contributed by atoms with Gasteiger partial charge in [0.05, 0.1) is 31.9 Å². The maximum Gasteiger partial charge on any atom is 0.300 e. The van der Waals surface area contributed by atoms with Gasteiger partial charge in [-0.05, 0) is 12.8 Å². The molecule has 13 heteroatoms. The number of nitrogens with one attached hydrogen (secondary N) is 1. The number of nitrogens with two attached hydrogens (primary N) is 1. The summed E-state index contributed by atoms with van der Waals surface area (Å²) in [6.07, 6.45) is 3.38. The van der Waals surface area contributed by atoms with Crippen LogP contribution in [-0.4, -0.2) is 82.1 Å². The molecule has 1 rings (SSSR count). The van der Waals surface area contributed by atoms with Gasteiger partial charge < -0.3 is 35.5 Å². The Hall–Kier alpha value is -2.27. The van der Waals surface area contributed by atoms with Crippen LogP contribution < -0.4 is 11.1 Å². The Kier molecular flexibility index (Phi) is 23.1. The summed E-state index contributed by atoms with van der Waals surface area (Å²) in [7, 11) is -1.51. The van der Waals surface area contributed by atoms with Crippen molar-refractivity contribution >= 4 is 31.4 Å². The van der Waals surface area contributed by atoms with E-state index in [-0.39, 0.29) is 30.8 Å². The lowest BCUT2D eigenvalue weighted by Crippen LogP contribution is -2.24. The van der Waals surface area contributed by atoms with Crippen LogP contribution in [0.1, 0.15) is 57.9 Å². The summed E-state index contributed by atoms with van der Waals surface area (Å²) in [5, 5.41) is 19.4. The molecule has 0 aromatic carbocycles. The Morgan fingerprint density at radius 3 is 2.30 bits per heavy atom. The summed E-state index contributed by atoms with van der Waals surface area (Å²) < 4.78 is 18.4. The van der Waals surface area contributed by atoms with E-state index in [1.807, 2.05) is 27.7 Å². The van der Waals surface area contributed by atoms with Crippen LogP contribution in [0.25, 0.3) is 0 Å². The number of nitrogens with zero attached hydrogens (tertiary/aromatic N) is 3. The van der Waals surface area contributed by atoms with Gasteiger partial charge in [0.2, 0.25) is 0 Å². The van der Waals surface area contributed by atoms with Crippen molar-refractivity contribution in [2.75, 3.05) is 33.1 Å². The molecule has 0 fully saturated rings. The van der Waals surface area contributed by atoms with E-state index in [1.165, 1.54) is 20.0 Å². The van der Waals surface area contributed by atoms with Crippen molar-refractivity contribution in [3.8, 4) is 0 Å². The van der Waals surface area contributed by atoms with Crippen LogP contribution in [-0.2, 0) is 20.6 Å². The predicted octanol–water partition coefficient (Wildman–Crippen LogP) is 2.06. The molecule has 12 nitrogen and oxygen atoms in total. The first-order valence-electron chi connectivity index (χ1n) is 10.8. The molecule has 33 heavy (non-hydrogen) atoms. The van der Waals surface area contributed by atoms with Crippen molar-refractivity contribution in [1.82, 2.24) is 14.9 Å². The summed E-state index contributed by atoms with van der Waals surface area (Å²) in [4.78, 5) is 38.0. The number of carboxylic acid groups (broad SMARTS) is 1. The number of aliphatic hydroxyl groups excluding tert-OH is 1. The third-order valence-electron chi connectivity index (χ3n) is 3.37. The lowest BCUT2D eigenvalue weighted by atomic mass is 10.3. The van der Waals surface area contributed by atoms with E-state index >= 15 is 0 Å². The van der Waals surface area contributed by atoms with Gasteiger partial charge in [-0.3, -0.25) is 14.2 Å². The zero-order valence-electron chi connectivity index (χ0n) is 20.8. The molecule has 0 aliphatic carbocycles. The highest BCUT2D eigenvalue weighted by Gasteiger charge is 2.19. The number of aliphatic carboxylic acids is 1. The van der Waals surface area contributed by atoms with Gasteiger partial charge in [0.15, 0.2) is 18.9 Å². The third-order valence-corrected chi connectivity index (χ3v) is 4.52. The first kappa shape index (κ1) is 35.3. The number of carbonyl (C=O) groups is 2. The molecular formula is C20H42N5O7P. The number of ether oxygens (including phenoxy) is 1. The molecule has 1 aromatic rings. The van der Waals surface area contributed by atoms with Gasteiger partial charge in [0, 0.05) is 33.4 Å². The quantitative estimate of drug-likeness (QED) is 0.132. The number of rotatable bonds is 11. The minimum absolute atomic E-state index is 0.127. The van der Waals surface area contributed by atoms with Gasteiger partial charge in [0.1, 0.15) is 0 Å². The average molecular weight is 496 g/mol. The van der Waals surface area contributed by atoms with Crippen molar-refractivity contribution in [2.24, 2.45) is 10.7 Å². The maximum absolute atomic E-state index is 11.8. The van der Waals surface area contributed by atoms with E-state index in [4.69, 9.17) is 20.4 Å². The second-order valence-corrected chi connectivity index (χ2v) is 8.65. The Morgan fingerprint density at radius 1 is 1.33 bits per heavy atom. The van der Waals surface area contributed by atoms with Gasteiger partial charge >= 0.3 is 0 Å². The number of carboxylic acids is 1. The second-order valence-electron chi connectivity index (χ2n) is 6.10. The van der Waals surface area contributed by atoms with E-state index in [1.54, 1.807) is 4.57 Å². The fraction of sp³-hybridized carbons (Fsp3) is 0.700. The molecule has 0 radical (unpaired) electrons. The predicted molar refractivity (Wildman–Crippen MR) is 131 cm³/mol. The zero-order chi connectivity index (χ0) is 26.4. The largest absolute Gasteiger partial charge is 0.481 e. The first-order valence-corrected chi connectivity index (χ1v) is 13.1. The molecule has 2 atom stereocenters. The van der Waals surface area contributed by atoms with Crippen LogP contribution in [0.15, 0.2) is 11.3 Å². The first-order chi connectivity index (χ1) is 15.6. The molecule has 0 aliphatic rings. The third kappa shape index (κ3) is 19.0. The Morgan fingerprint density at radius 2 is 1.88 bits per heavy atom. The Bertz CT molecular complexity index is 716. The Balaban J connectivity index is -0.000000988. The molecule has 0 aliphatic heterocycles. The molecule has 1 heterocycles. The van der Waals surface area contributed by atoms with Crippen LogP contribution in [0, 0.1) is 0 Å². The molecule has 2 unspecified atom stereocenters. The standard InChI is InChI=1S/C14H26N5O5P.C2H4O2.2C2H6/c1-16-14(21)12-13(17-9-15)19(10-18-12)7-11(8-20)24-5-3-4-6-25(2,22)23;1-2(3)4;2*1-2/h9-11,20H,3-8H2,1-2H3,(H2,15,17)(H,16,21)(H,22,23);1H3,(H,3,4);2*1-2H3. The number of hydrogen-bond donors (Lipinski definition) is 5. The highest BCUT2D eigenvalue weighted by atomic mass is 31.2. The van der Waals surface area contributed by atoms with Crippen molar-refractivity contribution in [2.45, 2.75) is 60.1 Å².